The van der Waals surface area contributed by atoms with E-state index >= 15 is 0 Å². The minimum atomic E-state index is -0.153. The molecule has 0 bridgehead atoms. The summed E-state index contributed by atoms with van der Waals surface area (Å²) >= 11 is 0. The number of nitrogens with two attached hydrogens (primary N) is 1. The van der Waals surface area contributed by atoms with Crippen molar-refractivity contribution >= 4 is 5.69 Å². The molecule has 0 aliphatic rings. The first-order chi connectivity index (χ1) is 10.1. The standard InChI is InChI=1S/C16H23N3O2/c1-4-7-14-15(17)16(20)19(18(14)10-5-2)12-8-6-9-13(11-12)21-3/h6,8-9,11H,4-5,7,10,17H2,1-3H3. The van der Waals surface area contributed by atoms with E-state index in [-0.39, 0.29) is 5.56 Å². The van der Waals surface area contributed by atoms with Crippen molar-refractivity contribution < 1.29 is 4.74 Å². The number of hydrogen-bond donors (Lipinski definition) is 1. The molecule has 5 heteroatoms. The largest absolute Gasteiger partial charge is 0.497 e. The van der Waals surface area contributed by atoms with Gasteiger partial charge in [0.1, 0.15) is 11.4 Å². The summed E-state index contributed by atoms with van der Waals surface area (Å²) in [5.41, 5.74) is 7.95. The van der Waals surface area contributed by atoms with Crippen LogP contribution in [0.5, 0.6) is 5.75 Å². The van der Waals surface area contributed by atoms with E-state index in [2.05, 4.69) is 13.8 Å². The molecule has 0 radical (unpaired) electrons. The highest BCUT2D eigenvalue weighted by atomic mass is 16.5. The third kappa shape index (κ3) is 2.82. The number of methoxy groups -OCH3 is 1. The molecule has 0 atom stereocenters. The second kappa shape index (κ2) is 6.52. The first-order valence-corrected chi connectivity index (χ1v) is 7.38. The number of rotatable bonds is 6. The van der Waals surface area contributed by atoms with Crippen LogP contribution in [0.15, 0.2) is 29.1 Å². The summed E-state index contributed by atoms with van der Waals surface area (Å²) in [6.07, 6.45) is 2.70. The van der Waals surface area contributed by atoms with Gasteiger partial charge in [-0.05, 0) is 25.0 Å². The van der Waals surface area contributed by atoms with Crippen molar-refractivity contribution in [2.75, 3.05) is 12.8 Å². The molecule has 0 unspecified atom stereocenters. The van der Waals surface area contributed by atoms with Crippen LogP contribution < -0.4 is 16.0 Å². The molecule has 0 aliphatic heterocycles. The van der Waals surface area contributed by atoms with Crippen molar-refractivity contribution in [1.29, 1.82) is 0 Å². The fourth-order valence-corrected chi connectivity index (χ4v) is 2.55. The Kier molecular flexibility index (Phi) is 4.73. The summed E-state index contributed by atoms with van der Waals surface area (Å²) in [5, 5.41) is 0. The minimum absolute atomic E-state index is 0.153. The van der Waals surface area contributed by atoms with Crippen LogP contribution in [0, 0.1) is 0 Å². The summed E-state index contributed by atoms with van der Waals surface area (Å²) in [6.45, 7) is 4.94. The lowest BCUT2D eigenvalue weighted by molar-refractivity contribution is 0.413. The van der Waals surface area contributed by atoms with Crippen molar-refractivity contribution in [3.8, 4) is 11.4 Å². The Bertz CT molecular complexity index is 671. The van der Waals surface area contributed by atoms with Crippen molar-refractivity contribution in [2.45, 2.75) is 39.7 Å². The van der Waals surface area contributed by atoms with Gasteiger partial charge in [0.25, 0.3) is 5.56 Å². The topological polar surface area (TPSA) is 62.2 Å². The zero-order valence-electron chi connectivity index (χ0n) is 12.9. The maximum Gasteiger partial charge on any atom is 0.294 e. The van der Waals surface area contributed by atoms with Gasteiger partial charge < -0.3 is 10.5 Å². The van der Waals surface area contributed by atoms with E-state index in [9.17, 15) is 4.79 Å². The second-order valence-corrected chi connectivity index (χ2v) is 5.05. The van der Waals surface area contributed by atoms with E-state index < -0.39 is 0 Å². The molecule has 0 saturated carbocycles. The van der Waals surface area contributed by atoms with Gasteiger partial charge in [-0.1, -0.05) is 26.3 Å². The van der Waals surface area contributed by atoms with Crippen LogP contribution in [-0.2, 0) is 13.0 Å². The fraction of sp³-hybridized carbons (Fsp3) is 0.438. The zero-order valence-corrected chi connectivity index (χ0v) is 12.9. The van der Waals surface area contributed by atoms with Gasteiger partial charge in [-0.2, -0.15) is 0 Å². The van der Waals surface area contributed by atoms with E-state index in [1.807, 2.05) is 28.9 Å². The Morgan fingerprint density at radius 2 is 2.00 bits per heavy atom. The van der Waals surface area contributed by atoms with Crippen LogP contribution in [0.1, 0.15) is 32.4 Å². The van der Waals surface area contributed by atoms with Gasteiger partial charge in [0.05, 0.1) is 18.5 Å². The van der Waals surface area contributed by atoms with Gasteiger partial charge in [0.15, 0.2) is 0 Å². The molecule has 2 N–H and O–H groups in total. The van der Waals surface area contributed by atoms with Crippen LogP contribution in [0.25, 0.3) is 5.69 Å². The van der Waals surface area contributed by atoms with Crippen LogP contribution in [0.4, 0.5) is 5.69 Å². The van der Waals surface area contributed by atoms with E-state index in [1.54, 1.807) is 11.8 Å². The van der Waals surface area contributed by atoms with Gasteiger partial charge >= 0.3 is 0 Å². The van der Waals surface area contributed by atoms with Gasteiger partial charge in [-0.25, -0.2) is 4.68 Å². The van der Waals surface area contributed by atoms with Crippen molar-refractivity contribution in [3.63, 3.8) is 0 Å². The molecular formula is C16H23N3O2. The predicted molar refractivity (Wildman–Crippen MR) is 85.3 cm³/mol. The molecule has 5 nitrogen and oxygen atoms in total. The summed E-state index contributed by atoms with van der Waals surface area (Å²) in [6, 6.07) is 7.48. The average Bonchev–Trinajstić information content (AvgIpc) is 2.73. The van der Waals surface area contributed by atoms with Crippen molar-refractivity contribution in [2.24, 2.45) is 0 Å². The SMILES string of the molecule is CCCc1c(N)c(=O)n(-c2cccc(OC)c2)n1CCC. The molecule has 1 heterocycles. The lowest BCUT2D eigenvalue weighted by Crippen LogP contribution is -2.22. The number of anilines is 1. The summed E-state index contributed by atoms with van der Waals surface area (Å²) in [5.74, 6) is 0.722. The molecule has 21 heavy (non-hydrogen) atoms. The monoisotopic (exact) mass is 289 g/mol. The number of nitrogen functional groups attached to an aromatic ring is 1. The number of ether oxygens (including phenoxy) is 1. The van der Waals surface area contributed by atoms with E-state index in [4.69, 9.17) is 10.5 Å². The maximum atomic E-state index is 12.5. The number of nitrogens with zero attached hydrogens (tertiary/aromatic N) is 2. The zero-order chi connectivity index (χ0) is 15.4. The lowest BCUT2D eigenvalue weighted by atomic mass is 10.2. The van der Waals surface area contributed by atoms with E-state index in [1.165, 1.54) is 0 Å². The second-order valence-electron chi connectivity index (χ2n) is 5.05. The quantitative estimate of drug-likeness (QED) is 0.889. The third-order valence-corrected chi connectivity index (χ3v) is 3.51. The molecule has 0 fully saturated rings. The Morgan fingerprint density at radius 3 is 2.62 bits per heavy atom. The average molecular weight is 289 g/mol. The Labute approximate surface area is 124 Å². The molecule has 1 aromatic carbocycles. The molecule has 2 aromatic rings. The molecule has 0 saturated heterocycles. The molecule has 0 aliphatic carbocycles. The van der Waals surface area contributed by atoms with Gasteiger partial charge in [-0.3, -0.25) is 9.48 Å². The van der Waals surface area contributed by atoms with Crippen LogP contribution in [0.2, 0.25) is 0 Å². The molecular weight excluding hydrogens is 266 g/mol. The normalized spacial score (nSPS) is 10.8. The van der Waals surface area contributed by atoms with Crippen molar-refractivity contribution in [1.82, 2.24) is 9.36 Å². The third-order valence-electron chi connectivity index (χ3n) is 3.51. The Balaban J connectivity index is 2.66. The molecule has 114 valence electrons. The first-order valence-electron chi connectivity index (χ1n) is 7.38. The first kappa shape index (κ1) is 15.2. The molecule has 2 rings (SSSR count). The Morgan fingerprint density at radius 1 is 1.24 bits per heavy atom. The van der Waals surface area contributed by atoms with Crippen molar-refractivity contribution in [3.05, 3.63) is 40.3 Å². The fourth-order valence-electron chi connectivity index (χ4n) is 2.55. The number of hydrogen-bond acceptors (Lipinski definition) is 3. The van der Waals surface area contributed by atoms with Gasteiger partial charge in [0.2, 0.25) is 0 Å². The van der Waals surface area contributed by atoms with E-state index in [0.29, 0.717) is 5.69 Å². The van der Waals surface area contributed by atoms with Gasteiger partial charge in [-0.15, -0.1) is 0 Å². The molecule has 0 spiro atoms. The van der Waals surface area contributed by atoms with Crippen LogP contribution in [-0.4, -0.2) is 16.5 Å². The smallest absolute Gasteiger partial charge is 0.294 e. The Hall–Kier alpha value is -2.17. The highest BCUT2D eigenvalue weighted by Gasteiger charge is 2.17. The van der Waals surface area contributed by atoms with E-state index in [0.717, 1.165) is 42.9 Å². The minimum Gasteiger partial charge on any atom is -0.497 e. The van der Waals surface area contributed by atoms with Crippen LogP contribution in [0.3, 0.4) is 0 Å². The van der Waals surface area contributed by atoms with Crippen LogP contribution >= 0.6 is 0 Å². The predicted octanol–water partition coefficient (Wildman–Crippen LogP) is 2.59. The number of aromatic nitrogens is 2. The summed E-state index contributed by atoms with van der Waals surface area (Å²) in [7, 11) is 1.61. The maximum absolute atomic E-state index is 12.5. The highest BCUT2D eigenvalue weighted by Crippen LogP contribution is 2.19. The lowest BCUT2D eigenvalue weighted by Gasteiger charge is -2.14. The van der Waals surface area contributed by atoms with Gasteiger partial charge in [0, 0.05) is 12.6 Å². The molecule has 0 amide bonds. The number of benzene rings is 1. The highest BCUT2D eigenvalue weighted by molar-refractivity contribution is 5.47. The molecule has 1 aromatic heterocycles. The summed E-state index contributed by atoms with van der Waals surface area (Å²) in [4.78, 5) is 12.5. The summed E-state index contributed by atoms with van der Waals surface area (Å²) < 4.78 is 8.90.